The highest BCUT2D eigenvalue weighted by Gasteiger charge is 2.22. The Balaban J connectivity index is 1.13. The molecule has 9 aromatic carbocycles. The number of rotatable bonds is 6. The molecular formula is C52H33NS2. The van der Waals surface area contributed by atoms with Crippen LogP contribution in [0.5, 0.6) is 0 Å². The summed E-state index contributed by atoms with van der Waals surface area (Å²) < 4.78 is 5.28. The lowest BCUT2D eigenvalue weighted by Gasteiger charge is -2.27. The van der Waals surface area contributed by atoms with Gasteiger partial charge in [0.25, 0.3) is 0 Å². The molecule has 0 bridgehead atoms. The highest BCUT2D eigenvalue weighted by Crippen LogP contribution is 2.50. The van der Waals surface area contributed by atoms with E-state index in [1.165, 1.54) is 90.2 Å². The van der Waals surface area contributed by atoms with Crippen LogP contribution in [0.4, 0.5) is 17.1 Å². The van der Waals surface area contributed by atoms with Gasteiger partial charge in [-0.2, -0.15) is 0 Å². The summed E-state index contributed by atoms with van der Waals surface area (Å²) in [5, 5.41) is 7.76. The van der Waals surface area contributed by atoms with E-state index in [1.54, 1.807) is 0 Å². The number of benzene rings is 9. The monoisotopic (exact) mass is 735 g/mol. The first-order valence-electron chi connectivity index (χ1n) is 18.7. The maximum absolute atomic E-state index is 2.46. The molecule has 11 rings (SSSR count). The minimum Gasteiger partial charge on any atom is -0.310 e. The van der Waals surface area contributed by atoms with Crippen molar-refractivity contribution in [1.82, 2.24) is 0 Å². The van der Waals surface area contributed by atoms with E-state index in [9.17, 15) is 0 Å². The average molecular weight is 736 g/mol. The molecule has 2 aromatic heterocycles. The van der Waals surface area contributed by atoms with Gasteiger partial charge in [0.15, 0.2) is 0 Å². The van der Waals surface area contributed by atoms with Gasteiger partial charge in [-0.05, 0) is 80.6 Å². The Bertz CT molecular complexity index is 3180. The largest absolute Gasteiger partial charge is 0.310 e. The summed E-state index contributed by atoms with van der Waals surface area (Å²) in [4.78, 5) is 2.46. The predicted molar refractivity (Wildman–Crippen MR) is 241 cm³/mol. The Morgan fingerprint density at radius 1 is 0.309 bits per heavy atom. The van der Waals surface area contributed by atoms with Gasteiger partial charge in [0, 0.05) is 51.7 Å². The molecule has 0 amide bonds. The van der Waals surface area contributed by atoms with Crippen LogP contribution in [-0.4, -0.2) is 0 Å². The molecule has 55 heavy (non-hydrogen) atoms. The van der Waals surface area contributed by atoms with Gasteiger partial charge < -0.3 is 4.90 Å². The molecule has 11 aromatic rings. The Hall–Kier alpha value is -6.52. The molecule has 0 spiro atoms. The smallest absolute Gasteiger partial charge is 0.0555 e. The minimum atomic E-state index is 1.12. The minimum absolute atomic E-state index is 1.12. The summed E-state index contributed by atoms with van der Waals surface area (Å²) in [6.45, 7) is 0. The van der Waals surface area contributed by atoms with Crippen LogP contribution in [0, 0.1) is 0 Å². The highest BCUT2D eigenvalue weighted by molar-refractivity contribution is 7.27. The van der Waals surface area contributed by atoms with Gasteiger partial charge in [-0.15, -0.1) is 22.7 Å². The topological polar surface area (TPSA) is 3.24 Å². The zero-order valence-electron chi connectivity index (χ0n) is 29.8. The fraction of sp³-hybridized carbons (Fsp3) is 0. The van der Waals surface area contributed by atoms with Crippen molar-refractivity contribution in [3.05, 3.63) is 200 Å². The van der Waals surface area contributed by atoms with Gasteiger partial charge >= 0.3 is 0 Å². The molecule has 0 fully saturated rings. The summed E-state index contributed by atoms with van der Waals surface area (Å²) in [5.41, 5.74) is 10.8. The highest BCUT2D eigenvalue weighted by atomic mass is 32.1. The molecule has 0 N–H and O–H groups in total. The second kappa shape index (κ2) is 13.1. The van der Waals surface area contributed by atoms with E-state index in [0.29, 0.717) is 0 Å². The van der Waals surface area contributed by atoms with E-state index in [2.05, 4.69) is 205 Å². The van der Waals surface area contributed by atoms with Crippen molar-refractivity contribution in [2.75, 3.05) is 4.90 Å². The summed E-state index contributed by atoms with van der Waals surface area (Å²) in [6.07, 6.45) is 0. The Labute approximate surface area is 327 Å². The van der Waals surface area contributed by atoms with Gasteiger partial charge in [-0.1, -0.05) is 164 Å². The fourth-order valence-electron chi connectivity index (χ4n) is 8.25. The number of nitrogens with zero attached hydrogens (tertiary/aromatic N) is 1. The predicted octanol–water partition coefficient (Wildman–Crippen LogP) is 16.0. The SMILES string of the molecule is c1ccc(-c2ccc(N(c3ccc(-c4cccc5c4sc4ccccc45)cc3)c3ccc(-c4ccccc4)c4sc5c6ccccc6ccc5c34)cc2)cc1. The summed E-state index contributed by atoms with van der Waals surface area (Å²) in [7, 11) is 0. The van der Waals surface area contributed by atoms with Crippen LogP contribution in [-0.2, 0) is 0 Å². The van der Waals surface area contributed by atoms with Gasteiger partial charge in [-0.25, -0.2) is 0 Å². The Kier molecular flexibility index (Phi) is 7.61. The molecule has 0 aliphatic heterocycles. The van der Waals surface area contributed by atoms with E-state index >= 15 is 0 Å². The first kappa shape index (κ1) is 32.0. The third-order valence-corrected chi connectivity index (χ3v) is 13.4. The van der Waals surface area contributed by atoms with Crippen molar-refractivity contribution in [1.29, 1.82) is 0 Å². The third kappa shape index (κ3) is 5.35. The van der Waals surface area contributed by atoms with E-state index in [-0.39, 0.29) is 0 Å². The number of hydrogen-bond donors (Lipinski definition) is 0. The van der Waals surface area contributed by atoms with Crippen molar-refractivity contribution < 1.29 is 0 Å². The molecule has 0 atom stereocenters. The molecule has 0 radical (unpaired) electrons. The molecule has 2 heterocycles. The van der Waals surface area contributed by atoms with Crippen molar-refractivity contribution in [3.8, 4) is 33.4 Å². The van der Waals surface area contributed by atoms with Gasteiger partial charge in [0.05, 0.1) is 5.69 Å². The zero-order chi connectivity index (χ0) is 36.3. The van der Waals surface area contributed by atoms with Crippen LogP contribution >= 0.6 is 22.7 Å². The normalized spacial score (nSPS) is 11.6. The van der Waals surface area contributed by atoms with Crippen LogP contribution < -0.4 is 4.90 Å². The molecular weight excluding hydrogens is 703 g/mol. The molecule has 0 unspecified atom stereocenters. The summed E-state index contributed by atoms with van der Waals surface area (Å²) >= 11 is 3.79. The van der Waals surface area contributed by atoms with Gasteiger partial charge in [0.1, 0.15) is 0 Å². The van der Waals surface area contributed by atoms with Crippen molar-refractivity contribution in [2.45, 2.75) is 0 Å². The van der Waals surface area contributed by atoms with Crippen LogP contribution in [0.3, 0.4) is 0 Å². The zero-order valence-corrected chi connectivity index (χ0v) is 31.4. The lowest BCUT2D eigenvalue weighted by molar-refractivity contribution is 1.30. The van der Waals surface area contributed by atoms with Crippen LogP contribution in [0.25, 0.3) is 84.5 Å². The second-order valence-corrected chi connectivity index (χ2v) is 16.1. The maximum Gasteiger partial charge on any atom is 0.0555 e. The lowest BCUT2D eigenvalue weighted by atomic mass is 9.98. The standard InChI is InChI=1S/C52H33NS2/c1-3-12-34(13-4-1)35-22-27-39(28-23-35)53(40-29-24-38(25-30-40)42-19-11-20-45-44-18-9-10-21-48(44)54-50(42)45)47-33-32-43(36-14-5-2-6-15-36)52-49(47)46-31-26-37-16-7-8-17-41(37)51(46)55-52/h1-33H. The number of thiophene rings is 2. The molecule has 258 valence electrons. The maximum atomic E-state index is 2.46. The first-order chi connectivity index (χ1) is 27.3. The van der Waals surface area contributed by atoms with E-state index in [0.717, 1.165) is 11.4 Å². The van der Waals surface area contributed by atoms with Crippen LogP contribution in [0.2, 0.25) is 0 Å². The number of anilines is 3. The molecule has 0 saturated heterocycles. The van der Waals surface area contributed by atoms with Crippen LogP contribution in [0.15, 0.2) is 200 Å². The lowest BCUT2D eigenvalue weighted by Crippen LogP contribution is -2.10. The van der Waals surface area contributed by atoms with E-state index < -0.39 is 0 Å². The molecule has 1 nitrogen and oxygen atoms in total. The summed E-state index contributed by atoms with van der Waals surface area (Å²) in [5.74, 6) is 0. The molecule has 0 aliphatic carbocycles. The van der Waals surface area contributed by atoms with Crippen LogP contribution in [0.1, 0.15) is 0 Å². The number of fused-ring (bicyclic) bond motifs is 8. The first-order valence-corrected chi connectivity index (χ1v) is 20.3. The van der Waals surface area contributed by atoms with Gasteiger partial charge in [0.2, 0.25) is 0 Å². The van der Waals surface area contributed by atoms with Crippen molar-refractivity contribution in [2.24, 2.45) is 0 Å². The molecule has 3 heteroatoms. The Morgan fingerprint density at radius 3 is 1.65 bits per heavy atom. The van der Waals surface area contributed by atoms with E-state index in [4.69, 9.17) is 0 Å². The van der Waals surface area contributed by atoms with Crippen molar-refractivity contribution >= 4 is 90.9 Å². The molecule has 0 aliphatic rings. The quantitative estimate of drug-likeness (QED) is 0.164. The average Bonchev–Trinajstić information content (AvgIpc) is 3.85. The third-order valence-electron chi connectivity index (χ3n) is 10.9. The van der Waals surface area contributed by atoms with Crippen molar-refractivity contribution in [3.63, 3.8) is 0 Å². The summed E-state index contributed by atoms with van der Waals surface area (Å²) in [6, 6.07) is 73.2. The molecule has 0 saturated carbocycles. The Morgan fingerprint density at radius 2 is 0.891 bits per heavy atom. The van der Waals surface area contributed by atoms with Gasteiger partial charge in [-0.3, -0.25) is 0 Å². The number of hydrogen-bond acceptors (Lipinski definition) is 3. The second-order valence-electron chi connectivity index (χ2n) is 14.0. The van der Waals surface area contributed by atoms with E-state index in [1.807, 2.05) is 22.7 Å². The fourth-order valence-corrected chi connectivity index (χ4v) is 10.9.